The second kappa shape index (κ2) is 8.05. The molecule has 1 amide bonds. The first-order chi connectivity index (χ1) is 15.4. The van der Waals surface area contributed by atoms with Crippen LogP contribution >= 0.6 is 11.6 Å². The normalized spacial score (nSPS) is 16.6. The standard InChI is InChI=1S/C21H15ClF6N4O/c1-11-9-32-16(29-30-18(32)12-5-7-13(8-6-12)20(23,24)25)10-31(11)19(33)14-3-2-4-15(17(14)22)21(26,27)28/h2-8,11H,9-10H2,1H3. The van der Waals surface area contributed by atoms with Crippen molar-refractivity contribution in [2.24, 2.45) is 0 Å². The van der Waals surface area contributed by atoms with Crippen LogP contribution in [-0.4, -0.2) is 31.6 Å². The minimum atomic E-state index is -4.71. The van der Waals surface area contributed by atoms with Crippen LogP contribution in [-0.2, 0) is 25.4 Å². The lowest BCUT2D eigenvalue weighted by atomic mass is 10.1. The number of halogens is 7. The summed E-state index contributed by atoms with van der Waals surface area (Å²) in [6.45, 7) is 1.83. The van der Waals surface area contributed by atoms with Crippen LogP contribution in [0.5, 0.6) is 0 Å². The number of nitrogens with zero attached hydrogens (tertiary/aromatic N) is 4. The highest BCUT2D eigenvalue weighted by atomic mass is 35.5. The lowest BCUT2D eigenvalue weighted by molar-refractivity contribution is -0.138. The number of hydrogen-bond acceptors (Lipinski definition) is 3. The van der Waals surface area contributed by atoms with E-state index >= 15 is 0 Å². The van der Waals surface area contributed by atoms with Gasteiger partial charge in [0.1, 0.15) is 0 Å². The molecule has 1 aliphatic heterocycles. The summed E-state index contributed by atoms with van der Waals surface area (Å²) in [4.78, 5) is 14.4. The van der Waals surface area contributed by atoms with Crippen LogP contribution in [0, 0.1) is 0 Å². The summed E-state index contributed by atoms with van der Waals surface area (Å²) in [5, 5.41) is 7.39. The Kier molecular flexibility index (Phi) is 5.63. The van der Waals surface area contributed by atoms with Gasteiger partial charge in [-0.05, 0) is 31.2 Å². The number of fused-ring (bicyclic) bond motifs is 1. The summed E-state index contributed by atoms with van der Waals surface area (Å²) >= 11 is 5.90. The predicted molar refractivity (Wildman–Crippen MR) is 106 cm³/mol. The number of carbonyl (C=O) groups excluding carboxylic acids is 1. The third-order valence-corrected chi connectivity index (χ3v) is 5.79. The number of aromatic nitrogens is 3. The first-order valence-electron chi connectivity index (χ1n) is 9.64. The molecule has 3 aromatic rings. The quantitative estimate of drug-likeness (QED) is 0.436. The van der Waals surface area contributed by atoms with Crippen molar-refractivity contribution < 1.29 is 31.1 Å². The lowest BCUT2D eigenvalue weighted by Crippen LogP contribution is -2.45. The molecular weight excluding hydrogens is 474 g/mol. The minimum Gasteiger partial charge on any atom is -0.327 e. The van der Waals surface area contributed by atoms with Crippen LogP contribution in [0.3, 0.4) is 0 Å². The zero-order valence-corrected chi connectivity index (χ0v) is 17.6. The first kappa shape index (κ1) is 23.1. The van der Waals surface area contributed by atoms with Crippen LogP contribution in [0.25, 0.3) is 11.4 Å². The Bertz CT molecular complexity index is 1200. The van der Waals surface area contributed by atoms with Gasteiger partial charge in [-0.3, -0.25) is 4.79 Å². The van der Waals surface area contributed by atoms with Gasteiger partial charge in [0.15, 0.2) is 11.6 Å². The second-order valence-electron chi connectivity index (χ2n) is 7.57. The fraction of sp³-hybridized carbons (Fsp3) is 0.286. The number of alkyl halides is 6. The van der Waals surface area contributed by atoms with E-state index < -0.39 is 40.5 Å². The van der Waals surface area contributed by atoms with E-state index in [0.717, 1.165) is 24.3 Å². The van der Waals surface area contributed by atoms with Crippen molar-refractivity contribution in [3.63, 3.8) is 0 Å². The number of carbonyl (C=O) groups is 1. The lowest BCUT2D eigenvalue weighted by Gasteiger charge is -2.34. The molecule has 0 N–H and O–H groups in total. The molecule has 33 heavy (non-hydrogen) atoms. The molecule has 12 heteroatoms. The highest BCUT2D eigenvalue weighted by Crippen LogP contribution is 2.37. The molecule has 4 rings (SSSR count). The molecule has 1 aliphatic rings. The van der Waals surface area contributed by atoms with Crippen LogP contribution in [0.1, 0.15) is 34.2 Å². The zero-order valence-electron chi connectivity index (χ0n) is 16.9. The van der Waals surface area contributed by atoms with Gasteiger partial charge in [-0.1, -0.05) is 29.8 Å². The molecule has 0 radical (unpaired) electrons. The summed E-state index contributed by atoms with van der Waals surface area (Å²) in [6, 6.07) is 7.10. The van der Waals surface area contributed by atoms with Gasteiger partial charge in [0, 0.05) is 18.2 Å². The Labute approximate surface area is 188 Å². The number of benzene rings is 2. The van der Waals surface area contributed by atoms with Crippen molar-refractivity contribution in [1.82, 2.24) is 19.7 Å². The Morgan fingerprint density at radius 1 is 1.00 bits per heavy atom. The molecule has 0 spiro atoms. The average Bonchev–Trinajstić information content (AvgIpc) is 3.14. The van der Waals surface area contributed by atoms with Crippen molar-refractivity contribution in [3.05, 3.63) is 70.0 Å². The molecule has 0 aliphatic carbocycles. The fourth-order valence-electron chi connectivity index (χ4n) is 3.68. The monoisotopic (exact) mass is 488 g/mol. The van der Waals surface area contributed by atoms with E-state index in [1.54, 1.807) is 11.5 Å². The third kappa shape index (κ3) is 4.29. The molecule has 0 fully saturated rings. The summed E-state index contributed by atoms with van der Waals surface area (Å²) < 4.78 is 79.6. The van der Waals surface area contributed by atoms with Crippen molar-refractivity contribution in [2.45, 2.75) is 38.4 Å². The largest absolute Gasteiger partial charge is 0.417 e. The molecule has 0 saturated carbocycles. The van der Waals surface area contributed by atoms with Gasteiger partial charge in [-0.15, -0.1) is 10.2 Å². The molecule has 1 aromatic heterocycles. The fourth-order valence-corrected chi connectivity index (χ4v) is 3.99. The van der Waals surface area contributed by atoms with Crippen molar-refractivity contribution in [2.75, 3.05) is 0 Å². The minimum absolute atomic E-state index is 0.0553. The van der Waals surface area contributed by atoms with Gasteiger partial charge < -0.3 is 9.47 Å². The molecule has 2 aromatic carbocycles. The molecule has 0 bridgehead atoms. The topological polar surface area (TPSA) is 51.0 Å². The molecular formula is C21H15ClF6N4O. The van der Waals surface area contributed by atoms with Crippen LogP contribution in [0.15, 0.2) is 42.5 Å². The Balaban J connectivity index is 1.62. The molecule has 1 atom stereocenters. The highest BCUT2D eigenvalue weighted by Gasteiger charge is 2.37. The maximum absolute atomic E-state index is 13.2. The SMILES string of the molecule is CC1Cn2c(nnc2-c2ccc(C(F)(F)F)cc2)CN1C(=O)c1cccc(C(F)(F)F)c1Cl. The summed E-state index contributed by atoms with van der Waals surface area (Å²) in [6.07, 6.45) is -9.18. The van der Waals surface area contributed by atoms with Gasteiger partial charge >= 0.3 is 12.4 Å². The van der Waals surface area contributed by atoms with E-state index in [9.17, 15) is 31.1 Å². The Morgan fingerprint density at radius 2 is 1.67 bits per heavy atom. The van der Waals surface area contributed by atoms with Gasteiger partial charge in [-0.25, -0.2) is 0 Å². The van der Waals surface area contributed by atoms with E-state index in [0.29, 0.717) is 17.2 Å². The van der Waals surface area contributed by atoms with Crippen LogP contribution in [0.4, 0.5) is 26.3 Å². The second-order valence-corrected chi connectivity index (χ2v) is 7.95. The van der Waals surface area contributed by atoms with Crippen molar-refractivity contribution >= 4 is 17.5 Å². The molecule has 1 unspecified atom stereocenters. The maximum atomic E-state index is 13.2. The van der Waals surface area contributed by atoms with E-state index in [-0.39, 0.29) is 18.7 Å². The summed E-state index contributed by atoms with van der Waals surface area (Å²) in [5.74, 6) is -0.0156. The van der Waals surface area contributed by atoms with Crippen molar-refractivity contribution in [1.29, 1.82) is 0 Å². The number of rotatable bonds is 2. The Hall–Kier alpha value is -3.08. The van der Waals surface area contributed by atoms with Gasteiger partial charge in [0.05, 0.1) is 28.3 Å². The number of hydrogen-bond donors (Lipinski definition) is 0. The van der Waals surface area contributed by atoms with Crippen LogP contribution < -0.4 is 0 Å². The predicted octanol–water partition coefficient (Wildman–Crippen LogP) is 5.68. The summed E-state index contributed by atoms with van der Waals surface area (Å²) in [7, 11) is 0. The van der Waals surface area contributed by atoms with E-state index in [4.69, 9.17) is 11.6 Å². The zero-order chi connectivity index (χ0) is 24.1. The van der Waals surface area contributed by atoms with E-state index in [1.807, 2.05) is 0 Å². The molecule has 5 nitrogen and oxygen atoms in total. The molecule has 0 saturated heterocycles. The highest BCUT2D eigenvalue weighted by molar-refractivity contribution is 6.34. The Morgan fingerprint density at radius 3 is 2.27 bits per heavy atom. The van der Waals surface area contributed by atoms with E-state index in [1.165, 1.54) is 23.1 Å². The molecule has 2 heterocycles. The van der Waals surface area contributed by atoms with E-state index in [2.05, 4.69) is 10.2 Å². The van der Waals surface area contributed by atoms with Crippen LogP contribution in [0.2, 0.25) is 5.02 Å². The number of amides is 1. The van der Waals surface area contributed by atoms with Gasteiger partial charge in [-0.2, -0.15) is 26.3 Å². The first-order valence-corrected chi connectivity index (χ1v) is 10.0. The average molecular weight is 489 g/mol. The summed E-state index contributed by atoms with van der Waals surface area (Å²) in [5.41, 5.74) is -1.77. The maximum Gasteiger partial charge on any atom is 0.417 e. The van der Waals surface area contributed by atoms with Gasteiger partial charge in [0.2, 0.25) is 0 Å². The smallest absolute Gasteiger partial charge is 0.327 e. The van der Waals surface area contributed by atoms with Crippen molar-refractivity contribution in [3.8, 4) is 11.4 Å². The molecule has 174 valence electrons. The van der Waals surface area contributed by atoms with Gasteiger partial charge in [0.25, 0.3) is 5.91 Å². The third-order valence-electron chi connectivity index (χ3n) is 5.38.